The van der Waals surface area contributed by atoms with E-state index in [0.29, 0.717) is 10.7 Å². The minimum absolute atomic E-state index is 0.368. The van der Waals surface area contributed by atoms with E-state index in [9.17, 15) is 0 Å². The van der Waals surface area contributed by atoms with Crippen LogP contribution in [0.1, 0.15) is 55.8 Å². The molecule has 5 nitrogen and oxygen atoms in total. The standard InChI is InChI=1S/C15H25N5S/c1-10-12(17-9-15(21-2)7-3-4-8-15)18-14(11-5-6-11)19-13(10)20-16/h11H,3-9,16H2,1-2H3,(H2,17,18,19,20). The van der Waals surface area contributed by atoms with Gasteiger partial charge < -0.3 is 10.7 Å². The van der Waals surface area contributed by atoms with Crippen molar-refractivity contribution in [2.24, 2.45) is 5.84 Å². The van der Waals surface area contributed by atoms with E-state index < -0.39 is 0 Å². The number of nitrogens with zero attached hydrogens (tertiary/aromatic N) is 2. The van der Waals surface area contributed by atoms with E-state index in [1.54, 1.807) is 0 Å². The molecule has 0 aromatic carbocycles. The fourth-order valence-electron chi connectivity index (χ4n) is 3.09. The van der Waals surface area contributed by atoms with Gasteiger partial charge in [0.05, 0.1) is 0 Å². The first kappa shape index (κ1) is 14.9. The number of aromatic nitrogens is 2. The highest BCUT2D eigenvalue weighted by Crippen LogP contribution is 2.41. The van der Waals surface area contributed by atoms with Crippen LogP contribution in [0.2, 0.25) is 0 Å². The average molecular weight is 307 g/mol. The number of hydrazine groups is 1. The summed E-state index contributed by atoms with van der Waals surface area (Å²) in [5, 5.41) is 3.58. The first-order valence-corrected chi connectivity index (χ1v) is 9.04. The number of hydrogen-bond acceptors (Lipinski definition) is 6. The molecule has 0 aliphatic heterocycles. The van der Waals surface area contributed by atoms with Crippen molar-refractivity contribution in [2.75, 3.05) is 23.5 Å². The van der Waals surface area contributed by atoms with Gasteiger partial charge in [-0.1, -0.05) is 12.8 Å². The van der Waals surface area contributed by atoms with Crippen molar-refractivity contribution in [3.8, 4) is 0 Å². The van der Waals surface area contributed by atoms with Crippen LogP contribution in [0.4, 0.5) is 11.6 Å². The molecule has 1 heterocycles. The summed E-state index contributed by atoms with van der Waals surface area (Å²) in [6.45, 7) is 2.99. The van der Waals surface area contributed by atoms with Gasteiger partial charge >= 0.3 is 0 Å². The number of anilines is 2. The maximum Gasteiger partial charge on any atom is 0.148 e. The highest BCUT2D eigenvalue weighted by Gasteiger charge is 2.33. The van der Waals surface area contributed by atoms with Gasteiger partial charge in [0, 0.05) is 22.8 Å². The van der Waals surface area contributed by atoms with Crippen molar-refractivity contribution in [3.63, 3.8) is 0 Å². The van der Waals surface area contributed by atoms with E-state index >= 15 is 0 Å². The zero-order valence-electron chi connectivity index (χ0n) is 12.9. The SMILES string of the molecule is CSC1(CNc2nc(C3CC3)nc(NN)c2C)CCCC1. The first-order valence-electron chi connectivity index (χ1n) is 7.81. The number of thioether (sulfide) groups is 1. The van der Waals surface area contributed by atoms with Gasteiger partial charge in [0.25, 0.3) is 0 Å². The molecule has 2 fully saturated rings. The number of nitrogens with one attached hydrogen (secondary N) is 2. The fraction of sp³-hybridized carbons (Fsp3) is 0.733. The normalized spacial score (nSPS) is 20.5. The summed E-state index contributed by atoms with van der Waals surface area (Å²) < 4.78 is 0.368. The van der Waals surface area contributed by atoms with Crippen LogP contribution in [0, 0.1) is 6.92 Å². The molecule has 2 aliphatic rings. The Labute approximate surface area is 130 Å². The predicted octanol–water partition coefficient (Wildman–Crippen LogP) is 3.04. The van der Waals surface area contributed by atoms with E-state index in [1.807, 2.05) is 18.7 Å². The van der Waals surface area contributed by atoms with E-state index in [1.165, 1.54) is 38.5 Å². The smallest absolute Gasteiger partial charge is 0.148 e. The lowest BCUT2D eigenvalue weighted by molar-refractivity contribution is 0.638. The predicted molar refractivity (Wildman–Crippen MR) is 89.8 cm³/mol. The lowest BCUT2D eigenvalue weighted by Gasteiger charge is -2.27. The van der Waals surface area contributed by atoms with Crippen molar-refractivity contribution in [2.45, 2.75) is 56.1 Å². The molecule has 3 rings (SSSR count). The van der Waals surface area contributed by atoms with Crippen molar-refractivity contribution in [1.29, 1.82) is 0 Å². The van der Waals surface area contributed by atoms with Gasteiger partial charge in [0.1, 0.15) is 17.5 Å². The third kappa shape index (κ3) is 3.11. The molecule has 2 saturated carbocycles. The van der Waals surface area contributed by atoms with Gasteiger partial charge in [0.2, 0.25) is 0 Å². The number of hydrogen-bond donors (Lipinski definition) is 3. The van der Waals surface area contributed by atoms with Crippen molar-refractivity contribution in [3.05, 3.63) is 11.4 Å². The summed E-state index contributed by atoms with van der Waals surface area (Å²) in [5.41, 5.74) is 3.72. The Morgan fingerprint density at radius 1 is 1.24 bits per heavy atom. The molecule has 0 amide bonds. The van der Waals surface area contributed by atoms with Gasteiger partial charge in [-0.25, -0.2) is 15.8 Å². The van der Waals surface area contributed by atoms with Gasteiger partial charge in [0.15, 0.2) is 0 Å². The minimum atomic E-state index is 0.368. The minimum Gasteiger partial charge on any atom is -0.368 e. The van der Waals surface area contributed by atoms with Gasteiger partial charge in [-0.2, -0.15) is 11.8 Å². The molecule has 1 aromatic rings. The van der Waals surface area contributed by atoms with Gasteiger partial charge in [-0.15, -0.1) is 0 Å². The van der Waals surface area contributed by atoms with Crippen LogP contribution in [0.3, 0.4) is 0 Å². The maximum atomic E-state index is 5.61. The Morgan fingerprint density at radius 3 is 2.48 bits per heavy atom. The zero-order chi connectivity index (χ0) is 14.9. The van der Waals surface area contributed by atoms with Crippen LogP contribution in [-0.4, -0.2) is 27.5 Å². The Morgan fingerprint density at radius 2 is 1.90 bits per heavy atom. The molecular weight excluding hydrogens is 282 g/mol. The first-order chi connectivity index (χ1) is 10.2. The lowest BCUT2D eigenvalue weighted by atomic mass is 10.1. The molecule has 6 heteroatoms. The highest BCUT2D eigenvalue weighted by molar-refractivity contribution is 8.00. The molecule has 2 aliphatic carbocycles. The largest absolute Gasteiger partial charge is 0.368 e. The van der Waals surface area contributed by atoms with E-state index in [0.717, 1.165) is 29.6 Å². The van der Waals surface area contributed by atoms with E-state index in [2.05, 4.69) is 22.0 Å². The van der Waals surface area contributed by atoms with Crippen molar-refractivity contribution >= 4 is 23.4 Å². The van der Waals surface area contributed by atoms with Crippen LogP contribution in [-0.2, 0) is 0 Å². The van der Waals surface area contributed by atoms with Crippen LogP contribution in [0.5, 0.6) is 0 Å². The molecule has 21 heavy (non-hydrogen) atoms. The van der Waals surface area contributed by atoms with Crippen LogP contribution in [0.15, 0.2) is 0 Å². The maximum absolute atomic E-state index is 5.61. The number of nitrogen functional groups attached to an aromatic ring is 1. The van der Waals surface area contributed by atoms with E-state index in [-0.39, 0.29) is 0 Å². The van der Waals surface area contributed by atoms with Gasteiger partial charge in [-0.3, -0.25) is 0 Å². The highest BCUT2D eigenvalue weighted by atomic mass is 32.2. The fourth-order valence-corrected chi connectivity index (χ4v) is 4.00. The lowest BCUT2D eigenvalue weighted by Crippen LogP contribution is -2.30. The molecular formula is C15H25N5S. The van der Waals surface area contributed by atoms with Crippen LogP contribution >= 0.6 is 11.8 Å². The average Bonchev–Trinajstić information content (AvgIpc) is 3.25. The summed E-state index contributed by atoms with van der Waals surface area (Å²) in [5.74, 6) is 8.76. The quantitative estimate of drug-likeness (QED) is 0.554. The second kappa shape index (κ2) is 6.01. The van der Waals surface area contributed by atoms with Crippen LogP contribution in [0.25, 0.3) is 0 Å². The molecule has 1 aromatic heterocycles. The second-order valence-corrected chi connectivity index (χ2v) is 7.54. The zero-order valence-corrected chi connectivity index (χ0v) is 13.7. The summed E-state index contributed by atoms with van der Waals surface area (Å²) in [6, 6.07) is 0. The summed E-state index contributed by atoms with van der Waals surface area (Å²) >= 11 is 1.99. The summed E-state index contributed by atoms with van der Waals surface area (Å²) in [4.78, 5) is 9.28. The Kier molecular flexibility index (Phi) is 4.26. The van der Waals surface area contributed by atoms with Crippen molar-refractivity contribution in [1.82, 2.24) is 9.97 Å². The van der Waals surface area contributed by atoms with Crippen LogP contribution < -0.4 is 16.6 Å². The molecule has 0 saturated heterocycles. The van der Waals surface area contributed by atoms with Gasteiger partial charge in [-0.05, 0) is 38.9 Å². The summed E-state index contributed by atoms with van der Waals surface area (Å²) in [6.07, 6.45) is 9.89. The Balaban J connectivity index is 1.79. The number of rotatable bonds is 6. The topological polar surface area (TPSA) is 75.9 Å². The molecule has 116 valence electrons. The van der Waals surface area contributed by atoms with Crippen molar-refractivity contribution < 1.29 is 0 Å². The summed E-state index contributed by atoms with van der Waals surface area (Å²) in [7, 11) is 0. The monoisotopic (exact) mass is 307 g/mol. The molecule has 4 N–H and O–H groups in total. The molecule has 0 radical (unpaired) electrons. The molecule has 0 unspecified atom stereocenters. The van der Waals surface area contributed by atoms with E-state index in [4.69, 9.17) is 10.8 Å². The third-order valence-electron chi connectivity index (χ3n) is 4.77. The molecule has 0 spiro atoms. The Bertz CT molecular complexity index is 509. The second-order valence-electron chi connectivity index (χ2n) is 6.27. The third-order valence-corrected chi connectivity index (χ3v) is 6.19. The Hall–Kier alpha value is -1.01. The number of nitrogens with two attached hydrogens (primary N) is 1. The molecule has 0 atom stereocenters. The molecule has 0 bridgehead atoms.